The highest BCUT2D eigenvalue weighted by Crippen LogP contribution is 2.52. The Kier molecular flexibility index (Phi) is 29.4. The van der Waals surface area contributed by atoms with Crippen molar-refractivity contribution in [3.63, 3.8) is 0 Å². The molecule has 0 amide bonds. The number of hydrogen-bond acceptors (Lipinski definition) is 4. The minimum absolute atomic E-state index is 0. The lowest BCUT2D eigenvalue weighted by molar-refractivity contribution is 0.371. The zero-order chi connectivity index (χ0) is 50.7. The first kappa shape index (κ1) is 74.6. The maximum atomic E-state index is 9.84. The van der Waals surface area contributed by atoms with Gasteiger partial charge >= 0.3 is 8.60 Å². The Morgan fingerprint density at radius 2 is 0.529 bits per heavy atom. The fraction of sp³-hybridized carbons (Fsp3) is 0.600. The Morgan fingerprint density at radius 3 is 0.714 bits per heavy atom. The highest BCUT2D eigenvalue weighted by molar-refractivity contribution is 8.20. The molecule has 10 heteroatoms. The van der Waals surface area contributed by atoms with E-state index in [1.54, 1.807) is 6.07 Å². The summed E-state index contributed by atoms with van der Waals surface area (Å²) in [7, 11) is -1.89. The highest BCUT2D eigenvalue weighted by atomic mass is 36.0. The van der Waals surface area contributed by atoms with Crippen LogP contribution >= 0.6 is 60.7 Å². The molecule has 0 saturated carbocycles. The summed E-state index contributed by atoms with van der Waals surface area (Å²) in [6.07, 6.45) is 0. The molecule has 4 aromatic carbocycles. The van der Waals surface area contributed by atoms with Crippen LogP contribution in [-0.2, 0) is 43.3 Å². The first-order valence-corrected chi connectivity index (χ1v) is 28.0. The maximum Gasteiger partial charge on any atom is 0.530 e. The van der Waals surface area contributed by atoms with Gasteiger partial charge in [0.2, 0.25) is 0 Å². The van der Waals surface area contributed by atoms with Crippen LogP contribution in [0.4, 0.5) is 0 Å². The van der Waals surface area contributed by atoms with Crippen LogP contribution in [0, 0.1) is 0 Å². The van der Waals surface area contributed by atoms with E-state index in [4.69, 9.17) is 47.3 Å². The number of rotatable bonds is 6. The molecule has 4 rings (SSSR count). The van der Waals surface area contributed by atoms with Gasteiger partial charge in [-0.2, -0.15) is 0 Å². The van der Waals surface area contributed by atoms with Crippen molar-refractivity contribution < 1.29 is 20.1 Å². The van der Waals surface area contributed by atoms with Crippen LogP contribution < -0.4 is 13.6 Å². The second-order valence-corrected chi connectivity index (χ2v) is 31.5. The summed E-state index contributed by atoms with van der Waals surface area (Å²) in [5.74, 6) is 1.57. The predicted octanol–water partition coefficient (Wildman–Crippen LogP) is 23.4. The van der Waals surface area contributed by atoms with Crippen molar-refractivity contribution in [3.05, 3.63) is 117 Å². The zero-order valence-corrected chi connectivity index (χ0v) is 49.9. The van der Waals surface area contributed by atoms with Gasteiger partial charge in [0.1, 0.15) is 23.0 Å². The summed E-state index contributed by atoms with van der Waals surface area (Å²) in [6.45, 7) is 53.3. The van der Waals surface area contributed by atoms with Gasteiger partial charge in [-0.3, -0.25) is 0 Å². The van der Waals surface area contributed by atoms with Crippen molar-refractivity contribution in [1.82, 2.24) is 0 Å². The van der Waals surface area contributed by atoms with Crippen molar-refractivity contribution in [2.45, 2.75) is 239 Å². The second kappa shape index (κ2) is 27.6. The van der Waals surface area contributed by atoms with E-state index in [2.05, 4.69) is 227 Å². The Hall–Kier alpha value is -1.90. The summed E-state index contributed by atoms with van der Waals surface area (Å²) in [5.41, 5.74) is 9.26. The van der Waals surface area contributed by atoms with E-state index >= 15 is 0 Å². The summed E-state index contributed by atoms with van der Waals surface area (Å²) < 4.78 is 20.7. The minimum Gasteiger partial charge on any atom is -0.508 e. The SMILES string of the molecule is C.C.C.C.CC(C)(C)c1ccc(O)c(C(C)(C)C)c1.CC(C)(C)c1ccc(OP(Oc2ccc(C(C)(C)C)cc2C(C)(C)C)Oc2ccc(C(C)(C)C)cc2C(C)(C)C)c(C(C)(C)C)c1.Cl.ClP(Cl)Cl.[2HH]. The molecule has 0 aromatic heterocycles. The van der Waals surface area contributed by atoms with Crippen molar-refractivity contribution in [1.29, 1.82) is 0 Å². The monoisotopic (exact) mass is 1090 g/mol. The van der Waals surface area contributed by atoms with Crippen molar-refractivity contribution >= 4 is 60.7 Å². The van der Waals surface area contributed by atoms with Crippen LogP contribution in [0.1, 0.15) is 242 Å². The van der Waals surface area contributed by atoms with E-state index in [0.717, 1.165) is 39.5 Å². The Morgan fingerprint density at radius 1 is 0.343 bits per heavy atom. The van der Waals surface area contributed by atoms with Gasteiger partial charge in [0.15, 0.2) is 5.98 Å². The number of halogens is 4. The van der Waals surface area contributed by atoms with Crippen LogP contribution in [0.2, 0.25) is 0 Å². The fourth-order valence-corrected chi connectivity index (χ4v) is 7.96. The molecule has 4 aromatic rings. The average molecular weight is 1090 g/mol. The molecule has 0 radical (unpaired) electrons. The minimum atomic E-state index is -1.89. The molecule has 0 aliphatic heterocycles. The summed E-state index contributed by atoms with van der Waals surface area (Å²) in [5, 5.41) is 9.84. The van der Waals surface area contributed by atoms with E-state index < -0.39 is 14.6 Å². The first-order chi connectivity index (χ1) is 28.9. The molecule has 0 aliphatic carbocycles. The van der Waals surface area contributed by atoms with Crippen molar-refractivity contribution in [2.24, 2.45) is 0 Å². The zero-order valence-electron chi connectivity index (χ0n) is 45.0. The lowest BCUT2D eigenvalue weighted by Gasteiger charge is -2.31. The summed E-state index contributed by atoms with van der Waals surface area (Å²) in [4.78, 5) is 0. The molecule has 0 atom stereocenters. The number of hydrogen-bond donors (Lipinski definition) is 1. The van der Waals surface area contributed by atoms with Gasteiger partial charge in [0.25, 0.3) is 0 Å². The number of aromatic hydroxyl groups is 1. The van der Waals surface area contributed by atoms with Gasteiger partial charge < -0.3 is 18.7 Å². The van der Waals surface area contributed by atoms with E-state index in [1.807, 2.05) is 6.07 Å². The van der Waals surface area contributed by atoms with Gasteiger partial charge in [-0.1, -0.05) is 278 Å². The van der Waals surface area contributed by atoms with Crippen LogP contribution in [0.15, 0.2) is 72.8 Å². The molecule has 0 heterocycles. The molecule has 1 N–H and O–H groups in total. The molecule has 0 fully saturated rings. The first-order valence-electron chi connectivity index (χ1n) is 22.8. The van der Waals surface area contributed by atoms with Gasteiger partial charge in [0.05, 0.1) is 0 Å². The van der Waals surface area contributed by atoms with Crippen LogP contribution in [0.3, 0.4) is 0 Å². The summed E-state index contributed by atoms with van der Waals surface area (Å²) >= 11 is 14.6. The third kappa shape index (κ3) is 23.1. The smallest absolute Gasteiger partial charge is 0.508 e. The molecule has 0 bridgehead atoms. The lowest BCUT2D eigenvalue weighted by Crippen LogP contribution is -2.20. The molecule has 70 heavy (non-hydrogen) atoms. The van der Waals surface area contributed by atoms with Crippen molar-refractivity contribution in [3.8, 4) is 23.0 Å². The summed E-state index contributed by atoms with van der Waals surface area (Å²) in [6, 6.07) is 25.6. The van der Waals surface area contributed by atoms with Crippen LogP contribution in [-0.4, -0.2) is 5.11 Å². The van der Waals surface area contributed by atoms with E-state index in [-0.39, 0.29) is 86.9 Å². The van der Waals surface area contributed by atoms with E-state index in [1.165, 1.54) is 22.3 Å². The average Bonchev–Trinajstić information content (AvgIpc) is 3.08. The van der Waals surface area contributed by atoms with Crippen LogP contribution in [0.5, 0.6) is 23.0 Å². The molecule has 0 aliphatic rings. The standard InChI is InChI=1S/C42H63O3P.C14H22O.4CH4.Cl3P.ClH.H2/c1-37(2,3)28-19-22-34(31(25-28)40(10,11)12)43-46(44-35-23-20-29(38(4,5)6)26-32(35)41(13,14)15)45-36-24-21-30(39(7,8)9)27-33(36)42(16,17)18;1-13(2,3)10-7-8-12(15)11(9-10)14(4,5)6;;;;;1-4(2)3;;/h19-27H,1-18H3;7-9,15H,1-6H3;4*1H4;;2*1H/i;;;;;;;;1+1. The topological polar surface area (TPSA) is 47.9 Å². The molecule has 0 spiro atoms. The van der Waals surface area contributed by atoms with Gasteiger partial charge in [-0.05, 0) is 95.4 Å². The molecule has 4 nitrogen and oxygen atoms in total. The molecular formula is C60H104Cl4O4P2. The third-order valence-electron chi connectivity index (χ3n) is 11.2. The number of benzene rings is 4. The molecular weight excluding hydrogens is 988 g/mol. The number of phenolic OH excluding ortho intramolecular Hbond substituents is 1. The normalized spacial score (nSPS) is 12.2. The second-order valence-electron chi connectivity index (χ2n) is 25.6. The van der Waals surface area contributed by atoms with Gasteiger partial charge in [0, 0.05) is 18.1 Å². The van der Waals surface area contributed by atoms with E-state index in [0.29, 0.717) is 5.75 Å². The Labute approximate surface area is 457 Å². The lowest BCUT2D eigenvalue weighted by atomic mass is 9.80. The van der Waals surface area contributed by atoms with Gasteiger partial charge in [-0.25, -0.2) is 0 Å². The van der Waals surface area contributed by atoms with E-state index in [9.17, 15) is 5.11 Å². The molecule has 406 valence electrons. The highest BCUT2D eigenvalue weighted by Gasteiger charge is 2.33. The van der Waals surface area contributed by atoms with Crippen molar-refractivity contribution in [2.75, 3.05) is 0 Å². The quantitative estimate of drug-likeness (QED) is 0.196. The molecule has 0 unspecified atom stereocenters. The number of phenols is 1. The van der Waals surface area contributed by atoms with Crippen LogP contribution in [0.25, 0.3) is 0 Å². The third-order valence-corrected chi connectivity index (χ3v) is 12.2. The predicted molar refractivity (Wildman–Crippen MR) is 327 cm³/mol. The maximum absolute atomic E-state index is 9.84. The largest absolute Gasteiger partial charge is 0.530 e. The fourth-order valence-electron chi connectivity index (χ4n) is 6.89. The Balaban J connectivity index is -0.000000491. The molecule has 0 saturated heterocycles. The Bertz CT molecular complexity index is 2000. The van der Waals surface area contributed by atoms with Gasteiger partial charge in [-0.15, -0.1) is 12.4 Å².